The van der Waals surface area contributed by atoms with Crippen LogP contribution in [-0.2, 0) is 11.2 Å². The van der Waals surface area contributed by atoms with Gasteiger partial charge in [0.25, 0.3) is 0 Å². The van der Waals surface area contributed by atoms with Crippen molar-refractivity contribution in [3.63, 3.8) is 0 Å². The molecule has 4 rings (SSSR count). The average Bonchev–Trinajstić information content (AvgIpc) is 2.61. The first kappa shape index (κ1) is 14.5. The predicted molar refractivity (Wildman–Crippen MR) is 98.2 cm³/mol. The Kier molecular flexibility index (Phi) is 3.51. The van der Waals surface area contributed by atoms with Gasteiger partial charge in [0.1, 0.15) is 0 Å². The van der Waals surface area contributed by atoms with Gasteiger partial charge in [-0.05, 0) is 38.2 Å². The zero-order chi connectivity index (χ0) is 16.5. The Bertz CT molecular complexity index is 1060. The number of carbonyl (C=O) groups is 1. The summed E-state index contributed by atoms with van der Waals surface area (Å²) in [7, 11) is 0. The number of hydrogen-bond donors (Lipinski definition) is 1. The van der Waals surface area contributed by atoms with E-state index in [1.165, 1.54) is 0 Å². The molecule has 0 fully saturated rings. The van der Waals surface area contributed by atoms with Gasteiger partial charge in [0.15, 0.2) is 0 Å². The Morgan fingerprint density at radius 2 is 1.29 bits per heavy atom. The molecule has 0 amide bonds. The molecule has 0 aromatic heterocycles. The summed E-state index contributed by atoms with van der Waals surface area (Å²) in [4.78, 5) is 11.5. The molecule has 24 heavy (non-hydrogen) atoms. The second-order valence-corrected chi connectivity index (χ2v) is 5.91. The van der Waals surface area contributed by atoms with Gasteiger partial charge in [0, 0.05) is 0 Å². The van der Waals surface area contributed by atoms with Crippen LogP contribution in [0.15, 0.2) is 78.9 Å². The fourth-order valence-corrected chi connectivity index (χ4v) is 3.39. The summed E-state index contributed by atoms with van der Waals surface area (Å²) < 4.78 is 0. The number of carboxylic acid groups (broad SMARTS) is 1. The van der Waals surface area contributed by atoms with Crippen LogP contribution in [0.5, 0.6) is 0 Å². The van der Waals surface area contributed by atoms with E-state index in [2.05, 4.69) is 30.3 Å². The Labute approximate surface area is 140 Å². The van der Waals surface area contributed by atoms with Crippen molar-refractivity contribution in [2.24, 2.45) is 0 Å². The van der Waals surface area contributed by atoms with Crippen LogP contribution in [0, 0.1) is 0 Å². The standard InChI is InChI=1S/C22H16O2/c23-22(24)14-21-18-10-4-2-7-16(18)12-13-20(21)19-11-5-8-15-6-1-3-9-17(15)19/h1-13H,14H2,(H,23,24). The van der Waals surface area contributed by atoms with E-state index >= 15 is 0 Å². The lowest BCUT2D eigenvalue weighted by atomic mass is 9.90. The Balaban J connectivity index is 2.07. The number of hydrogen-bond acceptors (Lipinski definition) is 1. The maximum absolute atomic E-state index is 11.5. The lowest BCUT2D eigenvalue weighted by Gasteiger charge is -2.14. The summed E-state index contributed by atoms with van der Waals surface area (Å²) in [5, 5.41) is 13.8. The molecule has 0 unspecified atom stereocenters. The highest BCUT2D eigenvalue weighted by Gasteiger charge is 2.14. The maximum Gasteiger partial charge on any atom is 0.307 e. The molecule has 0 spiro atoms. The van der Waals surface area contributed by atoms with Crippen LogP contribution < -0.4 is 0 Å². The van der Waals surface area contributed by atoms with E-state index in [1.54, 1.807) is 0 Å². The van der Waals surface area contributed by atoms with Gasteiger partial charge in [0.2, 0.25) is 0 Å². The summed E-state index contributed by atoms with van der Waals surface area (Å²) in [5.74, 6) is -0.812. The van der Waals surface area contributed by atoms with Crippen LogP contribution in [0.2, 0.25) is 0 Å². The molecule has 0 bridgehead atoms. The highest BCUT2D eigenvalue weighted by Crippen LogP contribution is 2.35. The van der Waals surface area contributed by atoms with Crippen molar-refractivity contribution in [1.82, 2.24) is 0 Å². The number of fused-ring (bicyclic) bond motifs is 2. The van der Waals surface area contributed by atoms with Gasteiger partial charge in [-0.2, -0.15) is 0 Å². The van der Waals surface area contributed by atoms with Crippen LogP contribution in [0.3, 0.4) is 0 Å². The molecule has 0 aliphatic heterocycles. The van der Waals surface area contributed by atoms with Crippen LogP contribution in [0.1, 0.15) is 5.56 Å². The third kappa shape index (κ3) is 2.42. The van der Waals surface area contributed by atoms with Crippen molar-refractivity contribution in [2.45, 2.75) is 6.42 Å². The first-order valence-corrected chi connectivity index (χ1v) is 7.94. The fourth-order valence-electron chi connectivity index (χ4n) is 3.39. The molecule has 2 nitrogen and oxygen atoms in total. The van der Waals surface area contributed by atoms with E-state index in [4.69, 9.17) is 0 Å². The normalized spacial score (nSPS) is 11.0. The Morgan fingerprint density at radius 3 is 2.04 bits per heavy atom. The number of aliphatic carboxylic acids is 1. The van der Waals surface area contributed by atoms with Crippen LogP contribution in [0.4, 0.5) is 0 Å². The quantitative estimate of drug-likeness (QED) is 0.558. The van der Waals surface area contributed by atoms with Gasteiger partial charge in [-0.3, -0.25) is 4.79 Å². The molecule has 116 valence electrons. The second kappa shape index (κ2) is 5.82. The topological polar surface area (TPSA) is 37.3 Å². The highest BCUT2D eigenvalue weighted by atomic mass is 16.4. The van der Waals surface area contributed by atoms with E-state index in [-0.39, 0.29) is 6.42 Å². The van der Waals surface area contributed by atoms with Crippen molar-refractivity contribution in [3.05, 3.63) is 84.4 Å². The third-order valence-corrected chi connectivity index (χ3v) is 4.45. The number of carboxylic acids is 1. The van der Waals surface area contributed by atoms with Crippen molar-refractivity contribution < 1.29 is 9.90 Å². The summed E-state index contributed by atoms with van der Waals surface area (Å²) in [5.41, 5.74) is 2.94. The summed E-state index contributed by atoms with van der Waals surface area (Å²) in [6.45, 7) is 0. The predicted octanol–water partition coefficient (Wildman–Crippen LogP) is 5.29. The van der Waals surface area contributed by atoms with Crippen LogP contribution in [0.25, 0.3) is 32.7 Å². The van der Waals surface area contributed by atoms with Gasteiger partial charge in [0.05, 0.1) is 6.42 Å². The van der Waals surface area contributed by atoms with E-state index in [0.717, 1.165) is 38.2 Å². The van der Waals surface area contributed by atoms with Gasteiger partial charge in [-0.15, -0.1) is 0 Å². The molecule has 0 atom stereocenters. The minimum absolute atomic E-state index is 0.0138. The van der Waals surface area contributed by atoms with E-state index in [0.29, 0.717) is 0 Å². The molecular weight excluding hydrogens is 296 g/mol. The van der Waals surface area contributed by atoms with Crippen molar-refractivity contribution in [2.75, 3.05) is 0 Å². The van der Waals surface area contributed by atoms with E-state index in [9.17, 15) is 9.90 Å². The van der Waals surface area contributed by atoms with Gasteiger partial charge < -0.3 is 5.11 Å². The smallest absolute Gasteiger partial charge is 0.307 e. The van der Waals surface area contributed by atoms with Gasteiger partial charge in [-0.1, -0.05) is 78.9 Å². The molecule has 0 saturated heterocycles. The molecule has 1 N–H and O–H groups in total. The largest absolute Gasteiger partial charge is 0.481 e. The van der Waals surface area contributed by atoms with E-state index < -0.39 is 5.97 Å². The molecule has 0 aliphatic rings. The van der Waals surface area contributed by atoms with Crippen molar-refractivity contribution in [3.8, 4) is 11.1 Å². The molecule has 2 heteroatoms. The number of rotatable bonds is 3. The zero-order valence-corrected chi connectivity index (χ0v) is 13.1. The van der Waals surface area contributed by atoms with Crippen molar-refractivity contribution in [1.29, 1.82) is 0 Å². The SMILES string of the molecule is O=C(O)Cc1c(-c2cccc3ccccc23)ccc2ccccc12. The van der Waals surface area contributed by atoms with Gasteiger partial charge in [-0.25, -0.2) is 0 Å². The van der Waals surface area contributed by atoms with Crippen LogP contribution in [-0.4, -0.2) is 11.1 Å². The summed E-state index contributed by atoms with van der Waals surface area (Å²) in [6, 6.07) is 26.4. The van der Waals surface area contributed by atoms with Crippen molar-refractivity contribution >= 4 is 27.5 Å². The molecule has 0 heterocycles. The Hall–Kier alpha value is -3.13. The molecule has 0 aliphatic carbocycles. The monoisotopic (exact) mass is 312 g/mol. The average molecular weight is 312 g/mol. The molecular formula is C22H16O2. The molecule has 0 radical (unpaired) electrons. The summed E-state index contributed by atoms with van der Waals surface area (Å²) in [6.07, 6.45) is 0.0138. The highest BCUT2D eigenvalue weighted by molar-refractivity contribution is 6.02. The van der Waals surface area contributed by atoms with Gasteiger partial charge >= 0.3 is 5.97 Å². The summed E-state index contributed by atoms with van der Waals surface area (Å²) >= 11 is 0. The molecule has 4 aromatic carbocycles. The molecule has 0 saturated carbocycles. The minimum Gasteiger partial charge on any atom is -0.481 e. The minimum atomic E-state index is -0.812. The van der Waals surface area contributed by atoms with E-state index in [1.807, 2.05) is 48.5 Å². The fraction of sp³-hybridized carbons (Fsp3) is 0.0455. The lowest BCUT2D eigenvalue weighted by molar-refractivity contribution is -0.136. The lowest BCUT2D eigenvalue weighted by Crippen LogP contribution is -2.03. The molecule has 4 aromatic rings. The number of benzene rings is 4. The zero-order valence-electron chi connectivity index (χ0n) is 13.1. The maximum atomic E-state index is 11.5. The third-order valence-electron chi connectivity index (χ3n) is 4.45. The van der Waals surface area contributed by atoms with Crippen LogP contribution >= 0.6 is 0 Å². The first-order chi connectivity index (χ1) is 11.7. The Morgan fingerprint density at radius 1 is 0.667 bits per heavy atom. The first-order valence-electron chi connectivity index (χ1n) is 7.94. The second-order valence-electron chi connectivity index (χ2n) is 5.91.